The Balaban J connectivity index is 2.49. The smallest absolute Gasteiger partial charge is 0.387 e. The zero-order chi connectivity index (χ0) is 17.5. The van der Waals surface area contributed by atoms with Crippen LogP contribution in [0.25, 0.3) is 12.2 Å². The van der Waals surface area contributed by atoms with Gasteiger partial charge in [0.2, 0.25) is 0 Å². The van der Waals surface area contributed by atoms with E-state index < -0.39 is 24.1 Å². The highest BCUT2D eigenvalue weighted by atomic mass is 19.3. The Labute approximate surface area is 137 Å². The lowest BCUT2D eigenvalue weighted by Crippen LogP contribution is -2.12. The average molecular weight is 336 g/mol. The highest BCUT2D eigenvalue weighted by molar-refractivity contribution is 5.97. The molecule has 0 amide bonds. The van der Waals surface area contributed by atoms with Crippen LogP contribution in [0.15, 0.2) is 42.5 Å². The minimum absolute atomic E-state index is 0.0478. The van der Waals surface area contributed by atoms with E-state index in [0.29, 0.717) is 0 Å². The van der Waals surface area contributed by atoms with Crippen molar-refractivity contribution in [2.45, 2.75) is 13.5 Å². The summed E-state index contributed by atoms with van der Waals surface area (Å²) in [6.07, 6.45) is 3.08. The fraction of sp³-hybridized carbons (Fsp3) is 0.167. The molecule has 0 aliphatic rings. The molecule has 0 saturated heterocycles. The van der Waals surface area contributed by atoms with Gasteiger partial charge in [-0.25, -0.2) is 9.18 Å². The van der Waals surface area contributed by atoms with Gasteiger partial charge in [-0.05, 0) is 24.1 Å². The van der Waals surface area contributed by atoms with Gasteiger partial charge in [0.15, 0.2) is 0 Å². The van der Waals surface area contributed by atoms with Crippen molar-refractivity contribution in [1.82, 2.24) is 0 Å². The van der Waals surface area contributed by atoms with Crippen LogP contribution in [-0.2, 0) is 4.74 Å². The highest BCUT2D eigenvalue weighted by Gasteiger charge is 2.21. The van der Waals surface area contributed by atoms with Crippen LogP contribution >= 0.6 is 0 Å². The fourth-order valence-electron chi connectivity index (χ4n) is 2.09. The number of carbonyl (C=O) groups excluding carboxylic acids is 1. The second-order valence-corrected chi connectivity index (χ2v) is 4.71. The van der Waals surface area contributed by atoms with E-state index >= 15 is 0 Å². The fourth-order valence-corrected chi connectivity index (χ4v) is 2.09. The Morgan fingerprint density at radius 3 is 2.50 bits per heavy atom. The molecule has 0 atom stereocenters. The minimum atomic E-state index is -3.19. The van der Waals surface area contributed by atoms with Gasteiger partial charge in [0, 0.05) is 6.07 Å². The largest absolute Gasteiger partial charge is 0.462 e. The zero-order valence-electron chi connectivity index (χ0n) is 12.8. The van der Waals surface area contributed by atoms with Gasteiger partial charge in [-0.15, -0.1) is 0 Å². The maximum Gasteiger partial charge on any atom is 0.387 e. The van der Waals surface area contributed by atoms with Crippen molar-refractivity contribution in [3.63, 3.8) is 0 Å². The van der Waals surface area contributed by atoms with E-state index in [-0.39, 0.29) is 17.7 Å². The molecule has 24 heavy (non-hydrogen) atoms. The van der Waals surface area contributed by atoms with Crippen LogP contribution in [0.3, 0.4) is 0 Å². The van der Waals surface area contributed by atoms with Gasteiger partial charge in [0.05, 0.1) is 6.61 Å². The molecule has 126 valence electrons. The van der Waals surface area contributed by atoms with Gasteiger partial charge in [0.1, 0.15) is 17.1 Å². The summed E-state index contributed by atoms with van der Waals surface area (Å²) in [5.74, 6) is -2.22. The Hall–Kier alpha value is -2.76. The summed E-state index contributed by atoms with van der Waals surface area (Å²) < 4.78 is 48.0. The van der Waals surface area contributed by atoms with Gasteiger partial charge in [0.25, 0.3) is 0 Å². The van der Waals surface area contributed by atoms with Crippen LogP contribution in [-0.4, -0.2) is 19.2 Å². The zero-order valence-corrected chi connectivity index (χ0v) is 12.8. The van der Waals surface area contributed by atoms with E-state index in [1.165, 1.54) is 6.08 Å². The maximum atomic E-state index is 13.7. The van der Waals surface area contributed by atoms with Gasteiger partial charge in [-0.1, -0.05) is 42.5 Å². The first-order chi connectivity index (χ1) is 11.5. The Kier molecular flexibility index (Phi) is 6.01. The second kappa shape index (κ2) is 8.19. The molecule has 0 heterocycles. The summed E-state index contributed by atoms with van der Waals surface area (Å²) in [5.41, 5.74) is 0.645. The lowest BCUT2D eigenvalue weighted by atomic mass is 10.0. The normalized spacial score (nSPS) is 11.0. The van der Waals surface area contributed by atoms with Crippen LogP contribution in [0, 0.1) is 5.82 Å². The first-order valence-electron chi connectivity index (χ1n) is 7.20. The number of benzene rings is 2. The third kappa shape index (κ3) is 4.62. The van der Waals surface area contributed by atoms with Crippen LogP contribution in [0.4, 0.5) is 13.2 Å². The van der Waals surface area contributed by atoms with E-state index in [1.54, 1.807) is 25.1 Å². The molecule has 3 nitrogen and oxygen atoms in total. The van der Waals surface area contributed by atoms with E-state index in [4.69, 9.17) is 4.74 Å². The quantitative estimate of drug-likeness (QED) is 0.563. The molecule has 0 unspecified atom stereocenters. The van der Waals surface area contributed by atoms with Crippen LogP contribution < -0.4 is 4.74 Å². The summed E-state index contributed by atoms with van der Waals surface area (Å²) in [7, 11) is 0. The number of rotatable bonds is 6. The summed E-state index contributed by atoms with van der Waals surface area (Å²) in [4.78, 5) is 12.1. The van der Waals surface area contributed by atoms with Crippen molar-refractivity contribution < 1.29 is 27.4 Å². The molecule has 2 rings (SSSR count). The third-order valence-electron chi connectivity index (χ3n) is 3.05. The first kappa shape index (κ1) is 17.6. The molecule has 0 N–H and O–H groups in total. The molecular weight excluding hydrogens is 321 g/mol. The Morgan fingerprint density at radius 2 is 1.88 bits per heavy atom. The predicted molar refractivity (Wildman–Crippen MR) is 84.4 cm³/mol. The van der Waals surface area contributed by atoms with Crippen molar-refractivity contribution in [2.24, 2.45) is 0 Å². The van der Waals surface area contributed by atoms with Gasteiger partial charge >= 0.3 is 12.6 Å². The van der Waals surface area contributed by atoms with Crippen LogP contribution in [0.2, 0.25) is 0 Å². The van der Waals surface area contributed by atoms with Crippen molar-refractivity contribution in [3.8, 4) is 5.75 Å². The lowest BCUT2D eigenvalue weighted by molar-refractivity contribution is -0.0506. The number of hydrogen-bond acceptors (Lipinski definition) is 3. The Bertz CT molecular complexity index is 728. The molecule has 0 saturated carbocycles. The van der Waals surface area contributed by atoms with Crippen LogP contribution in [0.1, 0.15) is 28.4 Å². The molecule has 0 bridgehead atoms. The van der Waals surface area contributed by atoms with E-state index in [9.17, 15) is 18.0 Å². The number of esters is 1. The number of alkyl halides is 2. The number of carbonyl (C=O) groups is 1. The molecule has 0 fully saturated rings. The molecular formula is C18H15F3O3. The summed E-state index contributed by atoms with van der Waals surface area (Å²) in [5, 5.41) is 0. The minimum Gasteiger partial charge on any atom is -0.462 e. The number of ether oxygens (including phenoxy) is 2. The van der Waals surface area contributed by atoms with E-state index in [2.05, 4.69) is 4.74 Å². The predicted octanol–water partition coefficient (Wildman–Crippen LogP) is 4.77. The molecule has 0 radical (unpaired) electrons. The molecule has 0 aromatic heterocycles. The monoisotopic (exact) mass is 336 g/mol. The summed E-state index contributed by atoms with van der Waals surface area (Å²) >= 11 is 0. The average Bonchev–Trinajstić information content (AvgIpc) is 2.53. The maximum absolute atomic E-state index is 13.7. The summed E-state index contributed by atoms with van der Waals surface area (Å²) in [6, 6.07) is 10.8. The molecule has 6 heteroatoms. The Morgan fingerprint density at radius 1 is 1.17 bits per heavy atom. The molecule has 0 aliphatic carbocycles. The molecule has 0 aliphatic heterocycles. The molecule has 2 aromatic rings. The molecule has 0 spiro atoms. The first-order valence-corrected chi connectivity index (χ1v) is 7.20. The van der Waals surface area contributed by atoms with Crippen LogP contribution in [0.5, 0.6) is 5.75 Å². The van der Waals surface area contributed by atoms with E-state index in [0.717, 1.165) is 17.7 Å². The van der Waals surface area contributed by atoms with Gasteiger partial charge in [-0.3, -0.25) is 0 Å². The topological polar surface area (TPSA) is 35.5 Å². The number of hydrogen-bond donors (Lipinski definition) is 0. The third-order valence-corrected chi connectivity index (χ3v) is 3.05. The van der Waals surface area contributed by atoms with Crippen molar-refractivity contribution >= 4 is 18.1 Å². The van der Waals surface area contributed by atoms with Gasteiger partial charge in [-0.2, -0.15) is 8.78 Å². The standard InChI is InChI=1S/C18H15F3O3/c1-2-23-17(22)16-13(9-8-12-6-4-3-5-7-12)10-14(19)11-15(16)24-18(20)21/h3-11,18H,2H2,1H3/b9-8+. The van der Waals surface area contributed by atoms with Gasteiger partial charge < -0.3 is 9.47 Å². The number of halogens is 3. The SMILES string of the molecule is CCOC(=O)c1c(/C=C/c2ccccc2)cc(F)cc1OC(F)F. The lowest BCUT2D eigenvalue weighted by Gasteiger charge is -2.13. The molecule has 2 aromatic carbocycles. The van der Waals surface area contributed by atoms with Crippen molar-refractivity contribution in [1.29, 1.82) is 0 Å². The van der Waals surface area contributed by atoms with E-state index in [1.807, 2.05) is 18.2 Å². The van der Waals surface area contributed by atoms with Crippen molar-refractivity contribution in [2.75, 3.05) is 6.61 Å². The second-order valence-electron chi connectivity index (χ2n) is 4.71. The summed E-state index contributed by atoms with van der Waals surface area (Å²) in [6.45, 7) is -1.56. The highest BCUT2D eigenvalue weighted by Crippen LogP contribution is 2.28. The van der Waals surface area contributed by atoms with Crippen molar-refractivity contribution in [3.05, 3.63) is 65.0 Å².